The van der Waals surface area contributed by atoms with Gasteiger partial charge in [0.2, 0.25) is 0 Å². The number of hydrogen-bond acceptors (Lipinski definition) is 3. The molecular formula is C9H18ClNO2. The highest BCUT2D eigenvalue weighted by Crippen LogP contribution is 2.09. The maximum Gasteiger partial charge on any atom is 0.307 e. The Balaban J connectivity index is 0.00000144. The second-order valence-corrected chi connectivity index (χ2v) is 3.54. The summed E-state index contributed by atoms with van der Waals surface area (Å²) in [5.74, 6) is -0.0793. The van der Waals surface area contributed by atoms with Crippen molar-refractivity contribution >= 4 is 18.4 Å². The first-order chi connectivity index (χ1) is 5.68. The molecule has 0 aromatic heterocycles. The SMILES string of the molecule is CC(C)OC(=O)C[C@@H]1CCCN1.Cl. The van der Waals surface area contributed by atoms with Crippen LogP contribution in [0.4, 0.5) is 0 Å². The summed E-state index contributed by atoms with van der Waals surface area (Å²) in [7, 11) is 0. The highest BCUT2D eigenvalue weighted by molar-refractivity contribution is 5.85. The predicted octanol–water partition coefficient (Wildman–Crippen LogP) is 1.50. The van der Waals surface area contributed by atoms with Gasteiger partial charge in [-0.15, -0.1) is 12.4 Å². The molecule has 1 aliphatic heterocycles. The highest BCUT2D eigenvalue weighted by Gasteiger charge is 2.18. The normalized spacial score (nSPS) is 21.3. The van der Waals surface area contributed by atoms with Crippen molar-refractivity contribution in [2.24, 2.45) is 0 Å². The maximum absolute atomic E-state index is 11.1. The Morgan fingerprint density at radius 1 is 1.62 bits per heavy atom. The number of halogens is 1. The average molecular weight is 208 g/mol. The standard InChI is InChI=1S/C9H17NO2.ClH/c1-7(2)12-9(11)6-8-4-3-5-10-8;/h7-8,10H,3-6H2,1-2H3;1H/t8-;/m0./s1. The van der Waals surface area contributed by atoms with Crippen molar-refractivity contribution in [1.82, 2.24) is 5.32 Å². The van der Waals surface area contributed by atoms with Gasteiger partial charge < -0.3 is 10.1 Å². The Hall–Kier alpha value is -0.280. The van der Waals surface area contributed by atoms with Gasteiger partial charge in [-0.2, -0.15) is 0 Å². The second-order valence-electron chi connectivity index (χ2n) is 3.54. The van der Waals surface area contributed by atoms with E-state index in [4.69, 9.17) is 4.74 Å². The number of carbonyl (C=O) groups excluding carboxylic acids is 1. The monoisotopic (exact) mass is 207 g/mol. The first-order valence-corrected chi connectivity index (χ1v) is 4.61. The van der Waals surface area contributed by atoms with Crippen LogP contribution < -0.4 is 5.32 Å². The molecule has 1 N–H and O–H groups in total. The molecule has 1 aliphatic rings. The first kappa shape index (κ1) is 12.7. The van der Waals surface area contributed by atoms with Crippen molar-refractivity contribution < 1.29 is 9.53 Å². The van der Waals surface area contributed by atoms with Crippen LogP contribution in [-0.4, -0.2) is 24.7 Å². The Morgan fingerprint density at radius 2 is 2.31 bits per heavy atom. The third kappa shape index (κ3) is 5.11. The minimum atomic E-state index is -0.0793. The number of carbonyl (C=O) groups is 1. The van der Waals surface area contributed by atoms with Crippen molar-refractivity contribution in [3.8, 4) is 0 Å². The fourth-order valence-corrected chi connectivity index (χ4v) is 1.44. The third-order valence-corrected chi connectivity index (χ3v) is 1.94. The fraction of sp³-hybridized carbons (Fsp3) is 0.889. The molecule has 0 aromatic rings. The Bertz CT molecular complexity index is 156. The van der Waals surface area contributed by atoms with Gasteiger partial charge in [-0.05, 0) is 33.2 Å². The smallest absolute Gasteiger partial charge is 0.307 e. The maximum atomic E-state index is 11.1. The Morgan fingerprint density at radius 3 is 2.77 bits per heavy atom. The molecule has 1 saturated heterocycles. The van der Waals surface area contributed by atoms with E-state index >= 15 is 0 Å². The largest absolute Gasteiger partial charge is 0.463 e. The number of esters is 1. The molecule has 0 aromatic carbocycles. The summed E-state index contributed by atoms with van der Waals surface area (Å²) in [4.78, 5) is 11.1. The Kier molecular flexibility index (Phi) is 6.08. The van der Waals surface area contributed by atoms with Gasteiger partial charge >= 0.3 is 5.97 Å². The van der Waals surface area contributed by atoms with Crippen LogP contribution in [0.1, 0.15) is 33.1 Å². The van der Waals surface area contributed by atoms with Crippen LogP contribution in [0.15, 0.2) is 0 Å². The average Bonchev–Trinajstić information content (AvgIpc) is 2.37. The van der Waals surface area contributed by atoms with Gasteiger partial charge in [0.15, 0.2) is 0 Å². The zero-order chi connectivity index (χ0) is 8.97. The van der Waals surface area contributed by atoms with E-state index in [1.54, 1.807) is 0 Å². The van der Waals surface area contributed by atoms with E-state index in [1.165, 1.54) is 6.42 Å². The van der Waals surface area contributed by atoms with E-state index in [2.05, 4.69) is 5.32 Å². The fourth-order valence-electron chi connectivity index (χ4n) is 1.44. The summed E-state index contributed by atoms with van der Waals surface area (Å²) in [5.41, 5.74) is 0. The van der Waals surface area contributed by atoms with Crippen molar-refractivity contribution in [2.75, 3.05) is 6.54 Å². The molecular weight excluding hydrogens is 190 g/mol. The molecule has 1 rings (SSSR count). The summed E-state index contributed by atoms with van der Waals surface area (Å²) in [6.07, 6.45) is 2.82. The molecule has 13 heavy (non-hydrogen) atoms. The van der Waals surface area contributed by atoms with Gasteiger partial charge in [-0.1, -0.05) is 0 Å². The quantitative estimate of drug-likeness (QED) is 0.713. The molecule has 1 heterocycles. The number of nitrogens with one attached hydrogen (secondary N) is 1. The van der Waals surface area contributed by atoms with Crippen LogP contribution in [0.3, 0.4) is 0 Å². The van der Waals surface area contributed by atoms with Gasteiger partial charge in [0, 0.05) is 6.04 Å². The van der Waals surface area contributed by atoms with Crippen LogP contribution in [0.2, 0.25) is 0 Å². The summed E-state index contributed by atoms with van der Waals surface area (Å²) < 4.78 is 5.03. The van der Waals surface area contributed by atoms with Gasteiger partial charge in [0.1, 0.15) is 0 Å². The molecule has 1 fully saturated rings. The molecule has 0 spiro atoms. The zero-order valence-electron chi connectivity index (χ0n) is 8.21. The van der Waals surface area contributed by atoms with Crippen LogP contribution in [0, 0.1) is 0 Å². The molecule has 0 bridgehead atoms. The minimum absolute atomic E-state index is 0. The molecule has 0 radical (unpaired) electrons. The van der Waals surface area contributed by atoms with E-state index in [0.717, 1.165) is 13.0 Å². The second kappa shape index (κ2) is 6.22. The van der Waals surface area contributed by atoms with Crippen LogP contribution in [0.25, 0.3) is 0 Å². The van der Waals surface area contributed by atoms with Crippen molar-refractivity contribution in [3.05, 3.63) is 0 Å². The topological polar surface area (TPSA) is 38.3 Å². The van der Waals surface area contributed by atoms with Crippen molar-refractivity contribution in [3.63, 3.8) is 0 Å². The lowest BCUT2D eigenvalue weighted by molar-refractivity contribution is -0.147. The number of rotatable bonds is 3. The molecule has 78 valence electrons. The molecule has 0 saturated carbocycles. The minimum Gasteiger partial charge on any atom is -0.463 e. The van der Waals surface area contributed by atoms with Crippen LogP contribution >= 0.6 is 12.4 Å². The molecule has 0 aliphatic carbocycles. The van der Waals surface area contributed by atoms with E-state index in [9.17, 15) is 4.79 Å². The lowest BCUT2D eigenvalue weighted by Crippen LogP contribution is -2.26. The summed E-state index contributed by atoms with van der Waals surface area (Å²) >= 11 is 0. The Labute approximate surface area is 85.6 Å². The summed E-state index contributed by atoms with van der Waals surface area (Å²) in [5, 5.41) is 3.26. The molecule has 1 atom stereocenters. The molecule has 4 heteroatoms. The van der Waals surface area contributed by atoms with E-state index < -0.39 is 0 Å². The lowest BCUT2D eigenvalue weighted by Gasteiger charge is -2.11. The zero-order valence-corrected chi connectivity index (χ0v) is 9.02. The highest BCUT2D eigenvalue weighted by atomic mass is 35.5. The number of ether oxygens (including phenoxy) is 1. The van der Waals surface area contributed by atoms with Gasteiger partial charge in [-0.3, -0.25) is 4.79 Å². The lowest BCUT2D eigenvalue weighted by atomic mass is 10.2. The van der Waals surface area contributed by atoms with Gasteiger partial charge in [0.05, 0.1) is 12.5 Å². The summed E-state index contributed by atoms with van der Waals surface area (Å²) in [6.45, 7) is 4.79. The predicted molar refractivity (Wildman–Crippen MR) is 54.1 cm³/mol. The van der Waals surface area contributed by atoms with Crippen molar-refractivity contribution in [1.29, 1.82) is 0 Å². The van der Waals surface area contributed by atoms with Gasteiger partial charge in [-0.25, -0.2) is 0 Å². The van der Waals surface area contributed by atoms with Crippen molar-refractivity contribution in [2.45, 2.75) is 45.3 Å². The van der Waals surface area contributed by atoms with Crippen LogP contribution in [-0.2, 0) is 9.53 Å². The first-order valence-electron chi connectivity index (χ1n) is 4.61. The van der Waals surface area contributed by atoms with E-state index in [-0.39, 0.29) is 24.5 Å². The van der Waals surface area contributed by atoms with Gasteiger partial charge in [0.25, 0.3) is 0 Å². The van der Waals surface area contributed by atoms with E-state index in [0.29, 0.717) is 12.5 Å². The molecule has 0 unspecified atom stereocenters. The summed E-state index contributed by atoms with van der Waals surface area (Å²) in [6, 6.07) is 0.358. The molecule has 0 amide bonds. The third-order valence-electron chi connectivity index (χ3n) is 1.94. The molecule has 3 nitrogen and oxygen atoms in total. The van der Waals surface area contributed by atoms with Crippen LogP contribution in [0.5, 0.6) is 0 Å². The van der Waals surface area contributed by atoms with E-state index in [1.807, 2.05) is 13.8 Å². The number of hydrogen-bond donors (Lipinski definition) is 1.